The zero-order valence-electron chi connectivity index (χ0n) is 16.4. The summed E-state index contributed by atoms with van der Waals surface area (Å²) < 4.78 is 10.2. The number of hydrogen-bond acceptors (Lipinski definition) is 6. The fourth-order valence-corrected chi connectivity index (χ4v) is 4.79. The highest BCUT2D eigenvalue weighted by Crippen LogP contribution is 2.53. The van der Waals surface area contributed by atoms with Crippen LogP contribution in [0.2, 0.25) is 0 Å². The minimum absolute atomic E-state index is 0.0330. The number of methoxy groups -OCH3 is 2. The second-order valence-electron chi connectivity index (χ2n) is 7.96. The topological polar surface area (TPSA) is 76.6 Å². The van der Waals surface area contributed by atoms with Gasteiger partial charge in [0.25, 0.3) is 0 Å². The van der Waals surface area contributed by atoms with Crippen LogP contribution in [0.25, 0.3) is 0 Å². The Morgan fingerprint density at radius 2 is 2.12 bits per heavy atom. The first-order chi connectivity index (χ1) is 12.4. The number of piperidine rings is 1. The molecule has 1 saturated carbocycles. The Balaban J connectivity index is 1.82. The van der Waals surface area contributed by atoms with E-state index in [9.17, 15) is 4.79 Å². The highest BCUT2D eigenvalue weighted by molar-refractivity contribution is 5.78. The summed E-state index contributed by atoms with van der Waals surface area (Å²) in [7, 11) is 3.20. The minimum atomic E-state index is -0.0404. The van der Waals surface area contributed by atoms with E-state index in [1.165, 1.54) is 0 Å². The standard InChI is InChI=1S/C19H30N4O3/c1-12-9-15(21-14(20-12)10-25-4)23-8-6-7-13-17(19(2,3)18(13)23)22-16(24)11-26-5/h9,13,17-18H,6-8,10-11H2,1-5H3,(H,22,24). The predicted octanol–water partition coefficient (Wildman–Crippen LogP) is 1.69. The van der Waals surface area contributed by atoms with Gasteiger partial charge in [0, 0.05) is 55.9 Å². The molecule has 0 bridgehead atoms. The molecule has 1 aromatic heterocycles. The fraction of sp³-hybridized carbons (Fsp3) is 0.737. The summed E-state index contributed by atoms with van der Waals surface area (Å²) in [5, 5.41) is 3.18. The number of carbonyl (C=O) groups excluding carboxylic acids is 1. The minimum Gasteiger partial charge on any atom is -0.377 e. The molecule has 26 heavy (non-hydrogen) atoms. The molecular formula is C19H30N4O3. The molecule has 7 heteroatoms. The molecule has 0 spiro atoms. The Bertz CT molecular complexity index is 664. The van der Waals surface area contributed by atoms with E-state index in [1.54, 1.807) is 14.2 Å². The van der Waals surface area contributed by atoms with Crippen molar-refractivity contribution >= 4 is 11.7 Å². The molecule has 3 rings (SSSR count). The van der Waals surface area contributed by atoms with Crippen molar-refractivity contribution in [3.05, 3.63) is 17.6 Å². The number of rotatable bonds is 6. The lowest BCUT2D eigenvalue weighted by atomic mass is 9.52. The number of aromatic nitrogens is 2. The zero-order valence-corrected chi connectivity index (χ0v) is 16.4. The second kappa shape index (κ2) is 7.48. The molecule has 0 radical (unpaired) electrons. The number of amides is 1. The maximum Gasteiger partial charge on any atom is 0.246 e. The summed E-state index contributed by atoms with van der Waals surface area (Å²) >= 11 is 0. The average Bonchev–Trinajstić information content (AvgIpc) is 2.59. The van der Waals surface area contributed by atoms with Crippen LogP contribution in [-0.4, -0.2) is 55.3 Å². The van der Waals surface area contributed by atoms with E-state index < -0.39 is 0 Å². The van der Waals surface area contributed by atoms with Crippen LogP contribution in [0.3, 0.4) is 0 Å². The van der Waals surface area contributed by atoms with E-state index in [0.717, 1.165) is 30.9 Å². The molecule has 3 atom stereocenters. The Morgan fingerprint density at radius 1 is 1.35 bits per heavy atom. The number of nitrogens with zero attached hydrogens (tertiary/aromatic N) is 3. The lowest BCUT2D eigenvalue weighted by molar-refractivity contribution is -0.131. The molecule has 1 aliphatic carbocycles. The molecule has 1 N–H and O–H groups in total. The third-order valence-corrected chi connectivity index (χ3v) is 5.72. The molecule has 0 aromatic carbocycles. The van der Waals surface area contributed by atoms with E-state index in [4.69, 9.17) is 14.5 Å². The van der Waals surface area contributed by atoms with Gasteiger partial charge in [0.1, 0.15) is 19.0 Å². The van der Waals surface area contributed by atoms with Crippen LogP contribution >= 0.6 is 0 Å². The van der Waals surface area contributed by atoms with Gasteiger partial charge in [-0.15, -0.1) is 0 Å². The molecule has 7 nitrogen and oxygen atoms in total. The molecule has 144 valence electrons. The van der Waals surface area contributed by atoms with Crippen molar-refractivity contribution in [2.45, 2.75) is 52.3 Å². The largest absolute Gasteiger partial charge is 0.377 e. The van der Waals surface area contributed by atoms with Gasteiger partial charge in [-0.2, -0.15) is 0 Å². The summed E-state index contributed by atoms with van der Waals surface area (Å²) in [5.41, 5.74) is 0.917. The number of nitrogens with one attached hydrogen (secondary N) is 1. The van der Waals surface area contributed by atoms with Gasteiger partial charge in [0.05, 0.1) is 0 Å². The second-order valence-corrected chi connectivity index (χ2v) is 7.96. The Hall–Kier alpha value is -1.73. The lowest BCUT2D eigenvalue weighted by Gasteiger charge is -2.64. The predicted molar refractivity (Wildman–Crippen MR) is 98.9 cm³/mol. The summed E-state index contributed by atoms with van der Waals surface area (Å²) in [4.78, 5) is 23.6. The van der Waals surface area contributed by atoms with Crippen molar-refractivity contribution < 1.29 is 14.3 Å². The maximum absolute atomic E-state index is 12.0. The number of carbonyl (C=O) groups is 1. The van der Waals surface area contributed by atoms with Crippen molar-refractivity contribution in [2.75, 3.05) is 32.3 Å². The van der Waals surface area contributed by atoms with Crippen LogP contribution < -0.4 is 10.2 Å². The highest BCUT2D eigenvalue weighted by Gasteiger charge is 2.60. The summed E-state index contributed by atoms with van der Waals surface area (Å²) in [6, 6.07) is 2.57. The van der Waals surface area contributed by atoms with Crippen molar-refractivity contribution in [3.8, 4) is 0 Å². The van der Waals surface area contributed by atoms with Gasteiger partial charge in [-0.1, -0.05) is 13.8 Å². The first-order valence-electron chi connectivity index (χ1n) is 9.27. The molecule has 2 heterocycles. The number of ether oxygens (including phenoxy) is 2. The monoisotopic (exact) mass is 362 g/mol. The zero-order chi connectivity index (χ0) is 18.9. The fourth-order valence-electron chi connectivity index (χ4n) is 4.79. The van der Waals surface area contributed by atoms with Gasteiger partial charge in [0.2, 0.25) is 5.91 Å². The molecule has 1 aliphatic heterocycles. The molecule has 1 aromatic rings. The maximum atomic E-state index is 12.0. The Morgan fingerprint density at radius 3 is 2.81 bits per heavy atom. The van der Waals surface area contributed by atoms with Crippen molar-refractivity contribution in [1.82, 2.24) is 15.3 Å². The number of aryl methyl sites for hydroxylation is 1. The number of fused-ring (bicyclic) bond motifs is 1. The van der Waals surface area contributed by atoms with Crippen molar-refractivity contribution in [3.63, 3.8) is 0 Å². The van der Waals surface area contributed by atoms with Gasteiger partial charge >= 0.3 is 0 Å². The first-order valence-corrected chi connectivity index (χ1v) is 9.27. The third kappa shape index (κ3) is 3.42. The van der Waals surface area contributed by atoms with Crippen LogP contribution in [0.5, 0.6) is 0 Å². The molecule has 2 fully saturated rings. The third-order valence-electron chi connectivity index (χ3n) is 5.72. The quantitative estimate of drug-likeness (QED) is 0.830. The number of anilines is 1. The first kappa shape index (κ1) is 19.0. The molecule has 1 amide bonds. The van der Waals surface area contributed by atoms with E-state index >= 15 is 0 Å². The van der Waals surface area contributed by atoms with Gasteiger partial charge in [-0.25, -0.2) is 9.97 Å². The van der Waals surface area contributed by atoms with E-state index in [0.29, 0.717) is 24.4 Å². The summed E-state index contributed by atoms with van der Waals surface area (Å²) in [6.45, 7) is 7.95. The SMILES string of the molecule is COCC(=O)NC1C2CCCN(c3cc(C)nc(COC)n3)C2C1(C)C. The van der Waals surface area contributed by atoms with E-state index in [1.807, 2.05) is 6.92 Å². The highest BCUT2D eigenvalue weighted by atomic mass is 16.5. The molecule has 1 saturated heterocycles. The molecular weight excluding hydrogens is 332 g/mol. The van der Waals surface area contributed by atoms with Crippen LogP contribution in [-0.2, 0) is 20.9 Å². The van der Waals surface area contributed by atoms with Gasteiger partial charge < -0.3 is 19.7 Å². The Labute approximate surface area is 155 Å². The van der Waals surface area contributed by atoms with Crippen LogP contribution in [0, 0.1) is 18.3 Å². The van der Waals surface area contributed by atoms with E-state index in [2.05, 4.69) is 35.1 Å². The lowest BCUT2D eigenvalue weighted by Crippen LogP contribution is -2.75. The van der Waals surface area contributed by atoms with Gasteiger partial charge in [0.15, 0.2) is 5.82 Å². The molecule has 2 aliphatic rings. The van der Waals surface area contributed by atoms with Crippen LogP contribution in [0.1, 0.15) is 38.2 Å². The van der Waals surface area contributed by atoms with Crippen molar-refractivity contribution in [2.24, 2.45) is 11.3 Å². The van der Waals surface area contributed by atoms with E-state index in [-0.39, 0.29) is 24.0 Å². The summed E-state index contributed by atoms with van der Waals surface area (Å²) in [5.74, 6) is 2.07. The average molecular weight is 362 g/mol. The van der Waals surface area contributed by atoms with Crippen LogP contribution in [0.4, 0.5) is 5.82 Å². The normalized spacial score (nSPS) is 26.8. The van der Waals surface area contributed by atoms with Gasteiger partial charge in [-0.05, 0) is 19.8 Å². The number of hydrogen-bond donors (Lipinski definition) is 1. The molecule has 3 unspecified atom stereocenters. The van der Waals surface area contributed by atoms with Crippen molar-refractivity contribution in [1.29, 1.82) is 0 Å². The smallest absolute Gasteiger partial charge is 0.246 e. The van der Waals surface area contributed by atoms with Gasteiger partial charge in [-0.3, -0.25) is 4.79 Å². The summed E-state index contributed by atoms with van der Waals surface area (Å²) in [6.07, 6.45) is 2.22. The van der Waals surface area contributed by atoms with Crippen LogP contribution in [0.15, 0.2) is 6.07 Å². The Kier molecular flexibility index (Phi) is 5.48.